The number of rotatable bonds is 6. The van der Waals surface area contributed by atoms with Gasteiger partial charge in [0.25, 0.3) is 0 Å². The third-order valence-electron chi connectivity index (χ3n) is 8.89. The van der Waals surface area contributed by atoms with Gasteiger partial charge in [0, 0.05) is 13.6 Å². The van der Waals surface area contributed by atoms with Crippen molar-refractivity contribution in [3.8, 4) is 0 Å². The molecule has 34 heavy (non-hydrogen) atoms. The summed E-state index contributed by atoms with van der Waals surface area (Å²) in [5, 5.41) is 2.97. The highest BCUT2D eigenvalue weighted by atomic mass is 31.1. The second kappa shape index (κ2) is 8.51. The monoisotopic (exact) mass is 486 g/mol. The zero-order valence-electron chi connectivity index (χ0n) is 20.1. The normalized spacial score (nSPS) is 27.6. The van der Waals surface area contributed by atoms with Crippen LogP contribution in [0.1, 0.15) is 33.6 Å². The molecule has 4 aromatic rings. The van der Waals surface area contributed by atoms with Crippen molar-refractivity contribution < 1.29 is 8.83 Å². The molecule has 2 heterocycles. The Morgan fingerprint density at radius 1 is 0.676 bits per heavy atom. The van der Waals surface area contributed by atoms with Crippen LogP contribution in [0, 0.1) is 16.7 Å². The van der Waals surface area contributed by atoms with Crippen LogP contribution in [0.15, 0.2) is 106 Å². The van der Waals surface area contributed by atoms with Gasteiger partial charge in [0.15, 0.2) is 0 Å². The minimum Gasteiger partial charge on any atom is -0.464 e. The summed E-state index contributed by atoms with van der Waals surface area (Å²) in [6.07, 6.45) is 6.25. The van der Waals surface area contributed by atoms with Gasteiger partial charge in [-0.3, -0.25) is 0 Å². The number of hydrogen-bond acceptors (Lipinski definition) is 2. The van der Waals surface area contributed by atoms with Crippen molar-refractivity contribution in [2.45, 2.75) is 44.9 Å². The van der Waals surface area contributed by atoms with Gasteiger partial charge >= 0.3 is 0 Å². The van der Waals surface area contributed by atoms with E-state index in [0.29, 0.717) is 17.2 Å². The van der Waals surface area contributed by atoms with Crippen LogP contribution in [0.2, 0.25) is 0 Å². The van der Waals surface area contributed by atoms with Crippen LogP contribution >= 0.6 is 15.8 Å². The van der Waals surface area contributed by atoms with Crippen molar-refractivity contribution in [2.24, 2.45) is 16.7 Å². The maximum atomic E-state index is 6.17. The SMILES string of the molecule is CC1(C)[C@@H]2CC[C@@]1(C)[C@@H](P(c1ccco1)c1ccco1)[C@@H]2P(c1ccccc1)c1ccccc1. The Kier molecular flexibility index (Phi) is 5.59. The fourth-order valence-electron chi connectivity index (χ4n) is 6.91. The summed E-state index contributed by atoms with van der Waals surface area (Å²) in [5.74, 6) is 0.670. The summed E-state index contributed by atoms with van der Waals surface area (Å²) >= 11 is 0. The third-order valence-corrected chi connectivity index (χ3v) is 15.0. The van der Waals surface area contributed by atoms with Gasteiger partial charge in [0.05, 0.1) is 12.5 Å². The predicted octanol–water partition coefficient (Wildman–Crippen LogP) is 6.63. The summed E-state index contributed by atoms with van der Waals surface area (Å²) in [4.78, 5) is 0. The first-order valence-electron chi connectivity index (χ1n) is 12.3. The number of fused-ring (bicyclic) bond motifs is 2. The van der Waals surface area contributed by atoms with E-state index in [4.69, 9.17) is 8.83 Å². The zero-order valence-corrected chi connectivity index (χ0v) is 21.9. The standard InChI is InChI=1S/C30H32O2P2/c1-29(2)24-18-19-30(29,3)28(34(25-16-10-20-31-25)26-17-11-21-32-26)27(24)33(22-12-6-4-7-13-22)23-14-8-5-9-15-23/h4-17,20-21,24,27-28H,18-19H2,1-3H3/t24-,27-,28+,30+/m1/s1. The van der Waals surface area contributed by atoms with Gasteiger partial charge in [-0.2, -0.15) is 0 Å². The Balaban J connectivity index is 1.59. The van der Waals surface area contributed by atoms with Gasteiger partial charge in [-0.15, -0.1) is 0 Å². The van der Waals surface area contributed by atoms with Gasteiger partial charge < -0.3 is 8.83 Å². The molecular formula is C30H32O2P2. The van der Waals surface area contributed by atoms with E-state index in [9.17, 15) is 0 Å². The molecular weight excluding hydrogens is 454 g/mol. The molecule has 0 aliphatic heterocycles. The molecule has 0 amide bonds. The largest absolute Gasteiger partial charge is 0.464 e. The Morgan fingerprint density at radius 3 is 1.68 bits per heavy atom. The maximum Gasteiger partial charge on any atom is 0.133 e. The fourth-order valence-corrected chi connectivity index (χ4v) is 14.3. The van der Waals surface area contributed by atoms with Crippen molar-refractivity contribution in [1.82, 2.24) is 0 Å². The molecule has 2 saturated carbocycles. The summed E-state index contributed by atoms with van der Waals surface area (Å²) in [6, 6.07) is 31.0. The van der Waals surface area contributed by atoms with Gasteiger partial charge in [-0.1, -0.05) is 81.4 Å². The molecule has 4 heteroatoms. The lowest BCUT2D eigenvalue weighted by Crippen LogP contribution is -2.43. The summed E-state index contributed by atoms with van der Waals surface area (Å²) in [5.41, 5.74) is 3.72. The maximum absolute atomic E-state index is 6.17. The highest BCUT2D eigenvalue weighted by molar-refractivity contribution is 7.77. The molecule has 2 nitrogen and oxygen atoms in total. The average molecular weight is 487 g/mol. The van der Waals surface area contributed by atoms with Crippen molar-refractivity contribution >= 4 is 37.5 Å². The van der Waals surface area contributed by atoms with E-state index >= 15 is 0 Å². The lowest BCUT2D eigenvalue weighted by atomic mass is 9.71. The lowest BCUT2D eigenvalue weighted by Gasteiger charge is -2.45. The van der Waals surface area contributed by atoms with Crippen molar-refractivity contribution in [3.05, 3.63) is 97.5 Å². The number of benzene rings is 2. The molecule has 2 aliphatic carbocycles. The van der Waals surface area contributed by atoms with Crippen LogP contribution < -0.4 is 21.6 Å². The van der Waals surface area contributed by atoms with Gasteiger partial charge in [0.2, 0.25) is 0 Å². The summed E-state index contributed by atoms with van der Waals surface area (Å²) in [6.45, 7) is 7.65. The molecule has 0 saturated heterocycles. The molecule has 0 radical (unpaired) electrons. The average Bonchev–Trinajstić information content (AvgIpc) is 3.63. The molecule has 0 unspecified atom stereocenters. The lowest BCUT2D eigenvalue weighted by molar-refractivity contribution is 0.155. The first kappa shape index (κ1) is 22.3. The van der Waals surface area contributed by atoms with E-state index < -0.39 is 15.8 Å². The molecule has 0 N–H and O–H groups in total. The van der Waals surface area contributed by atoms with E-state index in [1.54, 1.807) is 0 Å². The molecule has 0 spiro atoms. The van der Waals surface area contributed by atoms with Crippen molar-refractivity contribution in [1.29, 1.82) is 0 Å². The van der Waals surface area contributed by atoms with E-state index in [-0.39, 0.29) is 10.8 Å². The number of furan rings is 2. The molecule has 2 aliphatic rings. The number of hydrogen-bond donors (Lipinski definition) is 0. The first-order valence-corrected chi connectivity index (χ1v) is 15.1. The second-order valence-electron chi connectivity index (χ2n) is 10.5. The quantitative estimate of drug-likeness (QED) is 0.286. The molecule has 174 valence electrons. The van der Waals surface area contributed by atoms with Crippen molar-refractivity contribution in [2.75, 3.05) is 0 Å². The summed E-state index contributed by atoms with van der Waals surface area (Å²) < 4.78 is 12.3. The van der Waals surface area contributed by atoms with Crippen LogP contribution in [0.3, 0.4) is 0 Å². The van der Waals surface area contributed by atoms with E-state index in [1.807, 2.05) is 24.7 Å². The minimum atomic E-state index is -0.769. The molecule has 2 aromatic heterocycles. The van der Waals surface area contributed by atoms with E-state index in [0.717, 1.165) is 11.0 Å². The topological polar surface area (TPSA) is 26.3 Å². The molecule has 6 rings (SSSR count). The Labute approximate surface area is 205 Å². The molecule has 4 atom stereocenters. The zero-order chi connectivity index (χ0) is 23.3. The van der Waals surface area contributed by atoms with Crippen LogP contribution in [0.25, 0.3) is 0 Å². The summed E-state index contributed by atoms with van der Waals surface area (Å²) in [7, 11) is -1.32. The van der Waals surface area contributed by atoms with Crippen LogP contribution in [0.4, 0.5) is 0 Å². The molecule has 2 aromatic carbocycles. The van der Waals surface area contributed by atoms with Crippen LogP contribution in [-0.2, 0) is 0 Å². The van der Waals surface area contributed by atoms with E-state index in [2.05, 4.69) is 93.6 Å². The predicted molar refractivity (Wildman–Crippen MR) is 145 cm³/mol. The molecule has 2 bridgehead atoms. The second-order valence-corrected chi connectivity index (χ2v) is 15.1. The van der Waals surface area contributed by atoms with Gasteiger partial charge in [-0.05, 0) is 78.0 Å². The minimum absolute atomic E-state index is 0.220. The first-order chi connectivity index (χ1) is 16.5. The molecule has 2 fully saturated rings. The van der Waals surface area contributed by atoms with Gasteiger partial charge in [0.1, 0.15) is 11.0 Å². The Hall–Kier alpha value is -2.14. The van der Waals surface area contributed by atoms with Crippen LogP contribution in [0.5, 0.6) is 0 Å². The Morgan fingerprint density at radius 2 is 1.21 bits per heavy atom. The van der Waals surface area contributed by atoms with E-state index in [1.165, 1.54) is 23.5 Å². The Bertz CT molecular complexity index is 1140. The van der Waals surface area contributed by atoms with Crippen molar-refractivity contribution in [3.63, 3.8) is 0 Å². The highest BCUT2D eigenvalue weighted by Gasteiger charge is 2.69. The third kappa shape index (κ3) is 3.30. The smallest absolute Gasteiger partial charge is 0.133 e. The van der Waals surface area contributed by atoms with Crippen LogP contribution in [-0.4, -0.2) is 11.3 Å². The fraction of sp³-hybridized carbons (Fsp3) is 0.333. The van der Waals surface area contributed by atoms with Gasteiger partial charge in [-0.25, -0.2) is 0 Å². The highest BCUT2D eigenvalue weighted by Crippen LogP contribution is 2.77.